The number of aldehydes is 1. The zero-order chi connectivity index (χ0) is 12.3. The van der Waals surface area contributed by atoms with Crippen molar-refractivity contribution in [3.63, 3.8) is 0 Å². The number of methoxy groups -OCH3 is 1. The fraction of sp³-hybridized carbons (Fsp3) is 0.308. The Kier molecular flexibility index (Phi) is 3.32. The molecule has 1 heterocycles. The number of rotatable bonds is 4. The molecule has 0 aliphatic carbocycles. The second-order valence-corrected chi connectivity index (χ2v) is 3.65. The summed E-state index contributed by atoms with van der Waals surface area (Å²) < 4.78 is 15.8. The lowest BCUT2D eigenvalue weighted by atomic mass is 10.1. The Balaban J connectivity index is 2.43. The maximum Gasteiger partial charge on any atom is 0.231 e. The fourth-order valence-electron chi connectivity index (χ4n) is 1.67. The molecule has 0 radical (unpaired) electrons. The van der Waals surface area contributed by atoms with Crippen LogP contribution >= 0.6 is 0 Å². The standard InChI is InChI=1S/C13H14O4/c1-3-9(7-14)4-10-5-11(15-2)13-12(6-10)16-8-17-13/h4-7H,3,8H2,1-2H3/b9-4-. The summed E-state index contributed by atoms with van der Waals surface area (Å²) in [6.07, 6.45) is 3.37. The Morgan fingerprint density at radius 2 is 2.29 bits per heavy atom. The van der Waals surface area contributed by atoms with Crippen LogP contribution in [-0.2, 0) is 4.79 Å². The second-order valence-electron chi connectivity index (χ2n) is 3.65. The van der Waals surface area contributed by atoms with Crippen molar-refractivity contribution in [1.82, 2.24) is 0 Å². The summed E-state index contributed by atoms with van der Waals surface area (Å²) >= 11 is 0. The van der Waals surface area contributed by atoms with Crippen LogP contribution < -0.4 is 14.2 Å². The lowest BCUT2D eigenvalue weighted by molar-refractivity contribution is -0.104. The normalized spacial score (nSPS) is 13.6. The summed E-state index contributed by atoms with van der Waals surface area (Å²) in [6.45, 7) is 2.14. The largest absolute Gasteiger partial charge is 0.493 e. The molecule has 0 spiro atoms. The second kappa shape index (κ2) is 4.91. The molecule has 90 valence electrons. The third-order valence-corrected chi connectivity index (χ3v) is 2.59. The van der Waals surface area contributed by atoms with Crippen LogP contribution in [0.5, 0.6) is 17.2 Å². The van der Waals surface area contributed by atoms with Gasteiger partial charge in [0.25, 0.3) is 0 Å². The van der Waals surface area contributed by atoms with Crippen molar-refractivity contribution in [1.29, 1.82) is 0 Å². The van der Waals surface area contributed by atoms with Crippen LogP contribution in [0.1, 0.15) is 18.9 Å². The Morgan fingerprint density at radius 1 is 1.47 bits per heavy atom. The van der Waals surface area contributed by atoms with Crippen molar-refractivity contribution >= 4 is 12.4 Å². The number of carbonyl (C=O) groups excluding carboxylic acids is 1. The van der Waals surface area contributed by atoms with E-state index in [0.717, 1.165) is 17.4 Å². The minimum atomic E-state index is 0.202. The van der Waals surface area contributed by atoms with E-state index in [4.69, 9.17) is 14.2 Å². The number of ether oxygens (including phenoxy) is 3. The van der Waals surface area contributed by atoms with Crippen LogP contribution in [0.15, 0.2) is 17.7 Å². The molecule has 4 heteroatoms. The van der Waals surface area contributed by atoms with E-state index < -0.39 is 0 Å². The molecule has 0 N–H and O–H groups in total. The Hall–Kier alpha value is -1.97. The van der Waals surface area contributed by atoms with Crippen LogP contribution in [0.4, 0.5) is 0 Å². The fourth-order valence-corrected chi connectivity index (χ4v) is 1.67. The molecule has 0 aromatic heterocycles. The molecule has 2 rings (SSSR count). The van der Waals surface area contributed by atoms with Gasteiger partial charge in [-0.2, -0.15) is 0 Å². The van der Waals surface area contributed by atoms with E-state index in [1.54, 1.807) is 7.11 Å². The third-order valence-electron chi connectivity index (χ3n) is 2.59. The molecule has 0 fully saturated rings. The Labute approximate surface area is 99.8 Å². The van der Waals surface area contributed by atoms with Crippen LogP contribution in [0.2, 0.25) is 0 Å². The predicted octanol–water partition coefficient (Wildman–Crippen LogP) is 2.42. The highest BCUT2D eigenvalue weighted by atomic mass is 16.7. The lowest BCUT2D eigenvalue weighted by Gasteiger charge is -2.06. The van der Waals surface area contributed by atoms with E-state index in [1.165, 1.54) is 0 Å². The summed E-state index contributed by atoms with van der Waals surface area (Å²) in [6, 6.07) is 3.66. The minimum absolute atomic E-state index is 0.202. The van der Waals surface area contributed by atoms with E-state index in [-0.39, 0.29) is 6.79 Å². The van der Waals surface area contributed by atoms with E-state index in [9.17, 15) is 4.79 Å². The summed E-state index contributed by atoms with van der Waals surface area (Å²) in [5.74, 6) is 1.89. The van der Waals surface area contributed by atoms with E-state index in [1.807, 2.05) is 25.1 Å². The van der Waals surface area contributed by atoms with Crippen molar-refractivity contribution in [2.24, 2.45) is 0 Å². The summed E-state index contributed by atoms with van der Waals surface area (Å²) in [5, 5.41) is 0. The molecule has 0 unspecified atom stereocenters. The highest BCUT2D eigenvalue weighted by molar-refractivity contribution is 5.82. The average molecular weight is 234 g/mol. The van der Waals surface area contributed by atoms with Gasteiger partial charge in [0, 0.05) is 0 Å². The van der Waals surface area contributed by atoms with Crippen LogP contribution in [0.3, 0.4) is 0 Å². The van der Waals surface area contributed by atoms with Gasteiger partial charge < -0.3 is 14.2 Å². The van der Waals surface area contributed by atoms with Gasteiger partial charge in [0.1, 0.15) is 6.29 Å². The zero-order valence-corrected chi connectivity index (χ0v) is 9.86. The number of allylic oxidation sites excluding steroid dienone is 1. The quantitative estimate of drug-likeness (QED) is 0.592. The first-order chi connectivity index (χ1) is 8.28. The van der Waals surface area contributed by atoms with Crippen LogP contribution in [0.25, 0.3) is 6.08 Å². The molecule has 17 heavy (non-hydrogen) atoms. The topological polar surface area (TPSA) is 44.8 Å². The molecule has 0 saturated carbocycles. The van der Waals surface area contributed by atoms with Crippen molar-refractivity contribution < 1.29 is 19.0 Å². The van der Waals surface area contributed by atoms with Gasteiger partial charge in [-0.15, -0.1) is 0 Å². The number of carbonyl (C=O) groups is 1. The Bertz CT molecular complexity index is 463. The van der Waals surface area contributed by atoms with Gasteiger partial charge in [-0.25, -0.2) is 0 Å². The summed E-state index contributed by atoms with van der Waals surface area (Å²) in [7, 11) is 1.57. The molecule has 0 bridgehead atoms. The first-order valence-electron chi connectivity index (χ1n) is 5.42. The van der Waals surface area contributed by atoms with E-state index in [2.05, 4.69) is 0 Å². The molecule has 4 nitrogen and oxygen atoms in total. The van der Waals surface area contributed by atoms with Crippen molar-refractivity contribution in [3.05, 3.63) is 23.3 Å². The van der Waals surface area contributed by atoms with Gasteiger partial charge >= 0.3 is 0 Å². The first kappa shape index (κ1) is 11.5. The smallest absolute Gasteiger partial charge is 0.231 e. The van der Waals surface area contributed by atoms with Crippen LogP contribution in [-0.4, -0.2) is 20.2 Å². The molecule has 1 aromatic carbocycles. The number of fused-ring (bicyclic) bond motifs is 1. The minimum Gasteiger partial charge on any atom is -0.493 e. The molecular formula is C13H14O4. The van der Waals surface area contributed by atoms with E-state index in [0.29, 0.717) is 23.7 Å². The zero-order valence-electron chi connectivity index (χ0n) is 9.86. The SMILES string of the molecule is CC/C(C=O)=C/c1cc(OC)c2c(c1)OCO2. The maximum absolute atomic E-state index is 10.8. The average Bonchev–Trinajstić information content (AvgIpc) is 2.82. The van der Waals surface area contributed by atoms with Gasteiger partial charge in [0.05, 0.1) is 7.11 Å². The van der Waals surface area contributed by atoms with Gasteiger partial charge in [0.2, 0.25) is 12.5 Å². The van der Waals surface area contributed by atoms with Gasteiger partial charge in [-0.3, -0.25) is 4.79 Å². The first-order valence-corrected chi connectivity index (χ1v) is 5.42. The highest BCUT2D eigenvalue weighted by Crippen LogP contribution is 2.42. The Morgan fingerprint density at radius 3 is 2.94 bits per heavy atom. The van der Waals surface area contributed by atoms with Gasteiger partial charge in [-0.05, 0) is 35.8 Å². The molecule has 0 saturated heterocycles. The number of benzene rings is 1. The predicted molar refractivity (Wildman–Crippen MR) is 63.4 cm³/mol. The summed E-state index contributed by atoms with van der Waals surface area (Å²) in [4.78, 5) is 10.8. The van der Waals surface area contributed by atoms with Crippen molar-refractivity contribution in [2.75, 3.05) is 13.9 Å². The molecule has 0 atom stereocenters. The molecule has 1 aromatic rings. The third kappa shape index (κ3) is 2.25. The van der Waals surface area contributed by atoms with Crippen LogP contribution in [0, 0.1) is 0 Å². The number of hydrogen-bond donors (Lipinski definition) is 0. The van der Waals surface area contributed by atoms with Gasteiger partial charge in [-0.1, -0.05) is 6.92 Å². The molecule has 0 amide bonds. The maximum atomic E-state index is 10.8. The van der Waals surface area contributed by atoms with E-state index >= 15 is 0 Å². The molecule has 1 aliphatic rings. The summed E-state index contributed by atoms with van der Waals surface area (Å²) in [5.41, 5.74) is 1.60. The molecule has 1 aliphatic heterocycles. The van der Waals surface area contributed by atoms with Gasteiger partial charge in [0.15, 0.2) is 11.5 Å². The highest BCUT2D eigenvalue weighted by Gasteiger charge is 2.19. The van der Waals surface area contributed by atoms with Crippen molar-refractivity contribution in [2.45, 2.75) is 13.3 Å². The van der Waals surface area contributed by atoms with Crippen molar-refractivity contribution in [3.8, 4) is 17.2 Å². The number of hydrogen-bond acceptors (Lipinski definition) is 4. The lowest BCUT2D eigenvalue weighted by Crippen LogP contribution is -1.93. The molecular weight excluding hydrogens is 220 g/mol. The monoisotopic (exact) mass is 234 g/mol.